The molecule has 2 aromatic carbocycles. The SMILES string of the molecule is C=CCc1cc(/C=C2\SC(=O)NC2=O)cc(OC)c1OCc1ccc(Br)cc1. The first-order valence-electron chi connectivity index (χ1n) is 8.44. The van der Waals surface area contributed by atoms with Crippen LogP contribution in [-0.4, -0.2) is 18.3 Å². The number of hydrogen-bond donors (Lipinski definition) is 1. The second-order valence-electron chi connectivity index (χ2n) is 5.97. The number of imide groups is 1. The number of benzene rings is 2. The highest BCUT2D eigenvalue weighted by Crippen LogP contribution is 2.36. The van der Waals surface area contributed by atoms with Gasteiger partial charge in [-0.1, -0.05) is 34.1 Å². The predicted octanol–water partition coefficient (Wildman–Crippen LogP) is 5.09. The van der Waals surface area contributed by atoms with Crippen LogP contribution in [-0.2, 0) is 17.8 Å². The van der Waals surface area contributed by atoms with Gasteiger partial charge in [0.1, 0.15) is 6.61 Å². The van der Waals surface area contributed by atoms with Gasteiger partial charge in [0, 0.05) is 10.0 Å². The predicted molar refractivity (Wildman–Crippen MR) is 114 cm³/mol. The summed E-state index contributed by atoms with van der Waals surface area (Å²) in [6.07, 6.45) is 4.01. The van der Waals surface area contributed by atoms with E-state index in [9.17, 15) is 9.59 Å². The summed E-state index contributed by atoms with van der Waals surface area (Å²) in [4.78, 5) is 23.5. The normalized spacial score (nSPS) is 14.9. The van der Waals surface area contributed by atoms with Crippen LogP contribution >= 0.6 is 27.7 Å². The molecular weight excluding hydrogens is 442 g/mol. The minimum absolute atomic E-state index is 0.347. The van der Waals surface area contributed by atoms with Crippen molar-refractivity contribution in [2.24, 2.45) is 0 Å². The van der Waals surface area contributed by atoms with E-state index in [1.165, 1.54) is 0 Å². The van der Waals surface area contributed by atoms with Gasteiger partial charge in [-0.3, -0.25) is 14.9 Å². The zero-order chi connectivity index (χ0) is 20.1. The first-order valence-corrected chi connectivity index (χ1v) is 10.0. The zero-order valence-corrected chi connectivity index (χ0v) is 17.6. The molecule has 1 saturated heterocycles. The second kappa shape index (κ2) is 9.12. The van der Waals surface area contributed by atoms with E-state index < -0.39 is 5.91 Å². The lowest BCUT2D eigenvalue weighted by Crippen LogP contribution is -2.17. The highest BCUT2D eigenvalue weighted by atomic mass is 79.9. The number of hydrogen-bond acceptors (Lipinski definition) is 5. The summed E-state index contributed by atoms with van der Waals surface area (Å²) >= 11 is 4.30. The molecule has 144 valence electrons. The van der Waals surface area contributed by atoms with Crippen LogP contribution in [0.1, 0.15) is 16.7 Å². The molecular formula is C21H18BrNO4S. The van der Waals surface area contributed by atoms with Gasteiger partial charge in [0.2, 0.25) is 0 Å². The molecule has 1 fully saturated rings. The molecule has 0 aromatic heterocycles. The summed E-state index contributed by atoms with van der Waals surface area (Å²) in [7, 11) is 1.57. The van der Waals surface area contributed by atoms with Gasteiger partial charge in [0.25, 0.3) is 11.1 Å². The van der Waals surface area contributed by atoms with E-state index in [1.54, 1.807) is 25.3 Å². The summed E-state index contributed by atoms with van der Waals surface area (Å²) in [5.74, 6) is 0.792. The van der Waals surface area contributed by atoms with Gasteiger partial charge in [-0.25, -0.2) is 0 Å². The lowest BCUT2D eigenvalue weighted by molar-refractivity contribution is -0.115. The van der Waals surface area contributed by atoms with Crippen LogP contribution in [0.3, 0.4) is 0 Å². The Hall–Kier alpha value is -2.51. The Morgan fingerprint density at radius 1 is 1.21 bits per heavy atom. The Morgan fingerprint density at radius 3 is 2.57 bits per heavy atom. The fourth-order valence-corrected chi connectivity index (χ4v) is 3.64. The molecule has 0 radical (unpaired) electrons. The Morgan fingerprint density at radius 2 is 1.96 bits per heavy atom. The van der Waals surface area contributed by atoms with Crippen molar-refractivity contribution < 1.29 is 19.1 Å². The quantitative estimate of drug-likeness (QED) is 0.461. The number of amides is 2. The van der Waals surface area contributed by atoms with Crippen LogP contribution in [0.2, 0.25) is 0 Å². The van der Waals surface area contributed by atoms with E-state index in [4.69, 9.17) is 9.47 Å². The van der Waals surface area contributed by atoms with Crippen LogP contribution < -0.4 is 14.8 Å². The maximum Gasteiger partial charge on any atom is 0.290 e. The van der Waals surface area contributed by atoms with Crippen molar-refractivity contribution in [3.05, 3.63) is 75.1 Å². The molecule has 1 heterocycles. The number of methoxy groups -OCH3 is 1. The van der Waals surface area contributed by atoms with Crippen LogP contribution in [0.15, 0.2) is 58.4 Å². The first kappa shape index (κ1) is 20.2. The number of thioether (sulfide) groups is 1. The van der Waals surface area contributed by atoms with Crippen LogP contribution in [0.25, 0.3) is 6.08 Å². The Balaban J connectivity index is 1.91. The summed E-state index contributed by atoms with van der Waals surface area (Å²) in [5, 5.41) is 1.88. The highest BCUT2D eigenvalue weighted by Gasteiger charge is 2.25. The third-order valence-corrected chi connectivity index (χ3v) is 5.31. The number of carbonyl (C=O) groups excluding carboxylic acids is 2. The van der Waals surface area contributed by atoms with Gasteiger partial charge in [0.15, 0.2) is 11.5 Å². The molecule has 7 heteroatoms. The number of halogens is 1. The Kier molecular flexibility index (Phi) is 6.59. The van der Waals surface area contributed by atoms with Crippen molar-refractivity contribution in [1.82, 2.24) is 5.32 Å². The molecule has 1 aliphatic heterocycles. The van der Waals surface area contributed by atoms with E-state index >= 15 is 0 Å². The van der Waals surface area contributed by atoms with E-state index in [1.807, 2.05) is 30.3 Å². The Labute approximate surface area is 175 Å². The molecule has 0 unspecified atom stereocenters. The lowest BCUT2D eigenvalue weighted by atomic mass is 10.0. The average molecular weight is 460 g/mol. The first-order chi connectivity index (χ1) is 13.5. The molecule has 28 heavy (non-hydrogen) atoms. The Bertz CT molecular complexity index is 954. The molecule has 1 N–H and O–H groups in total. The second-order valence-corrected chi connectivity index (χ2v) is 7.90. The van der Waals surface area contributed by atoms with Gasteiger partial charge in [-0.2, -0.15) is 0 Å². The van der Waals surface area contributed by atoms with Crippen molar-refractivity contribution >= 4 is 44.9 Å². The van der Waals surface area contributed by atoms with Gasteiger partial charge in [0.05, 0.1) is 12.0 Å². The fourth-order valence-electron chi connectivity index (χ4n) is 2.70. The molecule has 0 bridgehead atoms. The summed E-state index contributed by atoms with van der Waals surface area (Å²) < 4.78 is 12.6. The van der Waals surface area contributed by atoms with Gasteiger partial charge in [-0.05, 0) is 59.7 Å². The molecule has 0 aliphatic carbocycles. The summed E-state index contributed by atoms with van der Waals surface area (Å²) in [6, 6.07) is 11.6. The van der Waals surface area contributed by atoms with Crippen LogP contribution in [0, 0.1) is 0 Å². The van der Waals surface area contributed by atoms with E-state index in [-0.39, 0.29) is 5.24 Å². The molecule has 1 aliphatic rings. The van der Waals surface area contributed by atoms with Gasteiger partial charge in [-0.15, -0.1) is 6.58 Å². The van der Waals surface area contributed by atoms with E-state index in [2.05, 4.69) is 27.8 Å². The molecule has 3 rings (SSSR count). The monoisotopic (exact) mass is 459 g/mol. The molecule has 0 saturated carbocycles. The smallest absolute Gasteiger partial charge is 0.290 e. The molecule has 0 spiro atoms. The number of rotatable bonds is 7. The topological polar surface area (TPSA) is 64.6 Å². The third kappa shape index (κ3) is 4.85. The van der Waals surface area contributed by atoms with Gasteiger partial charge >= 0.3 is 0 Å². The fraction of sp³-hybridized carbons (Fsp3) is 0.143. The van der Waals surface area contributed by atoms with Crippen LogP contribution in [0.4, 0.5) is 4.79 Å². The van der Waals surface area contributed by atoms with Crippen LogP contribution in [0.5, 0.6) is 11.5 Å². The average Bonchev–Trinajstić information content (AvgIpc) is 2.99. The number of nitrogens with one attached hydrogen (secondary N) is 1. The zero-order valence-electron chi connectivity index (χ0n) is 15.2. The number of ether oxygens (including phenoxy) is 2. The van der Waals surface area contributed by atoms with Gasteiger partial charge < -0.3 is 9.47 Å². The minimum atomic E-state index is -0.394. The molecule has 2 amide bonds. The standard InChI is InChI=1S/C21H18BrNO4S/c1-3-4-15-9-14(11-18-20(24)23-21(25)28-18)10-17(26-2)19(15)27-12-13-5-7-16(22)8-6-13/h3,5-11H,1,4,12H2,2H3,(H,23,24,25)/b18-11-. The van der Waals surface area contributed by atoms with Crippen molar-refractivity contribution in [3.63, 3.8) is 0 Å². The molecule has 5 nitrogen and oxygen atoms in total. The van der Waals surface area contributed by atoms with E-state index in [0.29, 0.717) is 29.4 Å². The van der Waals surface area contributed by atoms with Crippen molar-refractivity contribution in [2.45, 2.75) is 13.0 Å². The minimum Gasteiger partial charge on any atom is -0.493 e. The van der Waals surface area contributed by atoms with Crippen molar-refractivity contribution in [3.8, 4) is 11.5 Å². The number of carbonyl (C=O) groups is 2. The summed E-state index contributed by atoms with van der Waals surface area (Å²) in [6.45, 7) is 4.20. The van der Waals surface area contributed by atoms with Crippen molar-refractivity contribution in [2.75, 3.05) is 7.11 Å². The third-order valence-electron chi connectivity index (χ3n) is 3.97. The maximum atomic E-state index is 11.8. The highest BCUT2D eigenvalue weighted by molar-refractivity contribution is 9.10. The number of allylic oxidation sites excluding steroid dienone is 1. The largest absolute Gasteiger partial charge is 0.493 e. The molecule has 2 aromatic rings. The summed E-state index contributed by atoms with van der Waals surface area (Å²) in [5.41, 5.74) is 2.66. The van der Waals surface area contributed by atoms with Crippen molar-refractivity contribution in [1.29, 1.82) is 0 Å². The lowest BCUT2D eigenvalue weighted by Gasteiger charge is -2.16. The van der Waals surface area contributed by atoms with E-state index in [0.717, 1.165) is 32.9 Å². The maximum absolute atomic E-state index is 11.8. The molecule has 0 atom stereocenters.